The standard InChI is InChI=1S/C21H24N2O5S2/c1-23(30(4,25)26)16-6-8-19-15(12-16)13-20(29-19)21(24)22-10-9-14-5-7-17(27-2)18(11-14)28-3/h5-8,11-13H,9-10H2,1-4H3,(H,22,24). The van der Waals surface area contributed by atoms with Crippen molar-refractivity contribution < 1.29 is 22.7 Å². The van der Waals surface area contributed by atoms with E-state index in [1.807, 2.05) is 24.3 Å². The van der Waals surface area contributed by atoms with Gasteiger partial charge in [0.1, 0.15) is 0 Å². The quantitative estimate of drug-likeness (QED) is 0.572. The number of ether oxygens (including phenoxy) is 2. The first-order chi connectivity index (χ1) is 14.2. The van der Waals surface area contributed by atoms with Crippen LogP contribution in [0.5, 0.6) is 11.5 Å². The number of sulfonamides is 1. The number of nitrogens with one attached hydrogen (secondary N) is 1. The fraction of sp³-hybridized carbons (Fsp3) is 0.286. The van der Waals surface area contributed by atoms with Crippen LogP contribution < -0.4 is 19.1 Å². The zero-order valence-corrected chi connectivity index (χ0v) is 18.9. The number of carbonyl (C=O) groups is 1. The summed E-state index contributed by atoms with van der Waals surface area (Å²) in [6.45, 7) is 0.477. The third-order valence-corrected chi connectivity index (χ3v) is 7.05. The minimum absolute atomic E-state index is 0.158. The van der Waals surface area contributed by atoms with E-state index in [0.717, 1.165) is 21.9 Å². The van der Waals surface area contributed by atoms with Gasteiger partial charge in [-0.15, -0.1) is 11.3 Å². The molecule has 1 N–H and O–H groups in total. The minimum atomic E-state index is -3.34. The fourth-order valence-corrected chi connectivity index (χ4v) is 4.43. The van der Waals surface area contributed by atoms with Gasteiger partial charge in [-0.25, -0.2) is 8.42 Å². The maximum absolute atomic E-state index is 12.6. The van der Waals surface area contributed by atoms with Crippen molar-refractivity contribution in [1.29, 1.82) is 0 Å². The van der Waals surface area contributed by atoms with E-state index in [4.69, 9.17) is 9.47 Å². The van der Waals surface area contributed by atoms with Crippen LogP contribution in [-0.2, 0) is 16.4 Å². The molecular formula is C21H24N2O5S2. The molecule has 9 heteroatoms. The number of fused-ring (bicyclic) bond motifs is 1. The highest BCUT2D eigenvalue weighted by Crippen LogP contribution is 2.30. The second-order valence-corrected chi connectivity index (χ2v) is 9.86. The molecule has 30 heavy (non-hydrogen) atoms. The van der Waals surface area contributed by atoms with Crippen LogP contribution in [0.15, 0.2) is 42.5 Å². The summed E-state index contributed by atoms with van der Waals surface area (Å²) in [5.74, 6) is 1.16. The monoisotopic (exact) mass is 448 g/mol. The predicted octanol–water partition coefficient (Wildman–Crippen LogP) is 3.29. The Morgan fingerprint density at radius 3 is 2.47 bits per heavy atom. The van der Waals surface area contributed by atoms with Crippen molar-refractivity contribution in [3.63, 3.8) is 0 Å². The number of carbonyl (C=O) groups excluding carboxylic acids is 1. The van der Waals surface area contributed by atoms with E-state index in [1.165, 1.54) is 22.7 Å². The molecule has 3 aromatic rings. The van der Waals surface area contributed by atoms with Crippen molar-refractivity contribution in [1.82, 2.24) is 5.32 Å². The number of amides is 1. The lowest BCUT2D eigenvalue weighted by Crippen LogP contribution is -2.24. The summed E-state index contributed by atoms with van der Waals surface area (Å²) < 4.78 is 36.2. The molecule has 7 nitrogen and oxygen atoms in total. The Bertz CT molecular complexity index is 1170. The Morgan fingerprint density at radius 1 is 1.07 bits per heavy atom. The molecule has 160 valence electrons. The molecule has 1 aromatic heterocycles. The number of hydrogen-bond donors (Lipinski definition) is 1. The van der Waals surface area contributed by atoms with Gasteiger partial charge in [0.15, 0.2) is 11.5 Å². The minimum Gasteiger partial charge on any atom is -0.493 e. The lowest BCUT2D eigenvalue weighted by Gasteiger charge is -2.16. The second kappa shape index (κ2) is 8.93. The summed E-state index contributed by atoms with van der Waals surface area (Å²) in [6, 6.07) is 12.8. The van der Waals surface area contributed by atoms with Crippen LogP contribution >= 0.6 is 11.3 Å². The number of methoxy groups -OCH3 is 2. The van der Waals surface area contributed by atoms with Crippen molar-refractivity contribution in [2.75, 3.05) is 38.4 Å². The summed E-state index contributed by atoms with van der Waals surface area (Å²) >= 11 is 1.37. The molecule has 1 amide bonds. The Labute approximate surface area is 180 Å². The van der Waals surface area contributed by atoms with Gasteiger partial charge in [-0.3, -0.25) is 9.10 Å². The maximum atomic E-state index is 12.6. The van der Waals surface area contributed by atoms with Crippen molar-refractivity contribution in [2.24, 2.45) is 0 Å². The highest BCUT2D eigenvalue weighted by Gasteiger charge is 2.15. The van der Waals surface area contributed by atoms with Crippen LogP contribution in [0.4, 0.5) is 5.69 Å². The fourth-order valence-electron chi connectivity index (χ4n) is 2.97. The normalized spacial score (nSPS) is 11.3. The number of hydrogen-bond acceptors (Lipinski definition) is 6. The van der Waals surface area contributed by atoms with Gasteiger partial charge in [-0.1, -0.05) is 6.07 Å². The van der Waals surface area contributed by atoms with Crippen molar-refractivity contribution in [2.45, 2.75) is 6.42 Å². The van der Waals surface area contributed by atoms with Crippen molar-refractivity contribution in [3.05, 3.63) is 52.9 Å². The van der Waals surface area contributed by atoms with Crippen LogP contribution in [-0.4, -0.2) is 48.4 Å². The van der Waals surface area contributed by atoms with Crippen molar-refractivity contribution >= 4 is 43.0 Å². The molecule has 0 radical (unpaired) electrons. The van der Waals surface area contributed by atoms with E-state index in [1.54, 1.807) is 32.4 Å². The van der Waals surface area contributed by atoms with Crippen LogP contribution in [0.2, 0.25) is 0 Å². The summed E-state index contributed by atoms with van der Waals surface area (Å²) in [4.78, 5) is 13.1. The Kier molecular flexibility index (Phi) is 6.52. The second-order valence-electron chi connectivity index (χ2n) is 6.76. The first-order valence-corrected chi connectivity index (χ1v) is 11.9. The molecule has 0 bridgehead atoms. The number of rotatable bonds is 8. The Morgan fingerprint density at radius 2 is 1.80 bits per heavy atom. The molecular weight excluding hydrogens is 424 g/mol. The number of nitrogens with zero attached hydrogens (tertiary/aromatic N) is 1. The van der Waals surface area contributed by atoms with E-state index in [0.29, 0.717) is 35.0 Å². The number of anilines is 1. The molecule has 0 atom stereocenters. The van der Waals surface area contributed by atoms with E-state index in [2.05, 4.69) is 5.32 Å². The van der Waals surface area contributed by atoms with E-state index < -0.39 is 10.0 Å². The highest BCUT2D eigenvalue weighted by molar-refractivity contribution is 7.92. The van der Waals surface area contributed by atoms with Gasteiger partial charge in [-0.05, 0) is 53.8 Å². The molecule has 0 fully saturated rings. The zero-order valence-electron chi connectivity index (χ0n) is 17.3. The molecule has 3 rings (SSSR count). The SMILES string of the molecule is COc1ccc(CCNC(=O)c2cc3cc(N(C)S(C)(=O)=O)ccc3s2)cc1OC. The van der Waals surface area contributed by atoms with Gasteiger partial charge in [0, 0.05) is 18.3 Å². The smallest absolute Gasteiger partial charge is 0.261 e. The molecule has 0 saturated heterocycles. The molecule has 0 aliphatic carbocycles. The zero-order chi connectivity index (χ0) is 21.9. The molecule has 1 heterocycles. The van der Waals surface area contributed by atoms with Gasteiger partial charge in [0.25, 0.3) is 5.91 Å². The summed E-state index contributed by atoms with van der Waals surface area (Å²) in [6.07, 6.45) is 1.81. The maximum Gasteiger partial charge on any atom is 0.261 e. The molecule has 0 aliphatic heterocycles. The summed E-state index contributed by atoms with van der Waals surface area (Å²) in [5.41, 5.74) is 1.58. The van der Waals surface area contributed by atoms with Crippen LogP contribution in [0.3, 0.4) is 0 Å². The first kappa shape index (κ1) is 21.9. The summed E-state index contributed by atoms with van der Waals surface area (Å²) in [5, 5.41) is 3.76. The Hall–Kier alpha value is -2.78. The summed E-state index contributed by atoms with van der Waals surface area (Å²) in [7, 11) is 1.34. The average Bonchev–Trinajstić information content (AvgIpc) is 3.15. The molecule has 0 saturated carbocycles. The largest absolute Gasteiger partial charge is 0.493 e. The first-order valence-electron chi connectivity index (χ1n) is 9.19. The molecule has 0 spiro atoms. The van der Waals surface area contributed by atoms with Crippen molar-refractivity contribution in [3.8, 4) is 11.5 Å². The van der Waals surface area contributed by atoms with Gasteiger partial charge in [0.05, 0.1) is 31.0 Å². The lowest BCUT2D eigenvalue weighted by atomic mass is 10.1. The third-order valence-electron chi connectivity index (χ3n) is 4.73. The third kappa shape index (κ3) is 4.85. The topological polar surface area (TPSA) is 84.9 Å². The van der Waals surface area contributed by atoms with Gasteiger partial charge < -0.3 is 14.8 Å². The van der Waals surface area contributed by atoms with Crippen LogP contribution in [0.1, 0.15) is 15.2 Å². The number of benzene rings is 2. The van der Waals surface area contributed by atoms with E-state index >= 15 is 0 Å². The van der Waals surface area contributed by atoms with E-state index in [9.17, 15) is 13.2 Å². The Balaban J connectivity index is 1.67. The molecule has 0 aliphatic rings. The van der Waals surface area contributed by atoms with Gasteiger partial charge in [-0.2, -0.15) is 0 Å². The molecule has 2 aromatic carbocycles. The van der Waals surface area contributed by atoms with Crippen LogP contribution in [0.25, 0.3) is 10.1 Å². The highest BCUT2D eigenvalue weighted by atomic mass is 32.2. The van der Waals surface area contributed by atoms with Gasteiger partial charge >= 0.3 is 0 Å². The van der Waals surface area contributed by atoms with Gasteiger partial charge in [0.2, 0.25) is 10.0 Å². The predicted molar refractivity (Wildman–Crippen MR) is 121 cm³/mol. The van der Waals surface area contributed by atoms with Crippen LogP contribution in [0, 0.1) is 0 Å². The lowest BCUT2D eigenvalue weighted by molar-refractivity contribution is 0.0958. The average molecular weight is 449 g/mol. The molecule has 0 unspecified atom stereocenters. The van der Waals surface area contributed by atoms with E-state index in [-0.39, 0.29) is 5.91 Å². The number of thiophene rings is 1.